The number of aromatic nitrogens is 3. The van der Waals surface area contributed by atoms with Gasteiger partial charge in [-0.05, 0) is 43.0 Å². The van der Waals surface area contributed by atoms with Crippen molar-refractivity contribution in [3.63, 3.8) is 0 Å². The number of aryl methyl sites for hydroxylation is 1. The average molecular weight is 306 g/mol. The molecule has 0 aliphatic carbocycles. The van der Waals surface area contributed by atoms with Gasteiger partial charge in [0.05, 0.1) is 17.5 Å². The molecule has 0 N–H and O–H groups in total. The Morgan fingerprint density at radius 2 is 2.13 bits per heavy atom. The lowest BCUT2D eigenvalue weighted by Crippen LogP contribution is -2.21. The van der Waals surface area contributed by atoms with Crippen LogP contribution in [0.25, 0.3) is 10.9 Å². The van der Waals surface area contributed by atoms with Crippen molar-refractivity contribution in [1.29, 1.82) is 0 Å². The first kappa shape index (κ1) is 14.4. The highest BCUT2D eigenvalue weighted by Gasteiger charge is 2.23. The third-order valence-corrected chi connectivity index (χ3v) is 4.92. The van der Waals surface area contributed by atoms with Gasteiger partial charge in [-0.25, -0.2) is 4.98 Å². The zero-order valence-electron chi connectivity index (χ0n) is 13.5. The minimum Gasteiger partial charge on any atom is -0.337 e. The van der Waals surface area contributed by atoms with Gasteiger partial charge in [-0.1, -0.05) is 18.2 Å². The summed E-state index contributed by atoms with van der Waals surface area (Å²) in [7, 11) is 2.07. The summed E-state index contributed by atoms with van der Waals surface area (Å²) < 4.78 is 2.11. The van der Waals surface area contributed by atoms with Crippen LogP contribution in [0.3, 0.4) is 0 Å². The predicted octanol–water partition coefficient (Wildman–Crippen LogP) is 3.03. The zero-order valence-corrected chi connectivity index (χ0v) is 13.5. The summed E-state index contributed by atoms with van der Waals surface area (Å²) in [5, 5.41) is 1.31. The molecule has 0 saturated carbocycles. The van der Waals surface area contributed by atoms with E-state index in [0.29, 0.717) is 0 Å². The molecule has 118 valence electrons. The maximum atomic E-state index is 4.47. The molecule has 0 unspecified atom stereocenters. The van der Waals surface area contributed by atoms with Crippen molar-refractivity contribution in [2.24, 2.45) is 13.0 Å². The first-order valence-corrected chi connectivity index (χ1v) is 8.30. The van der Waals surface area contributed by atoms with Crippen LogP contribution < -0.4 is 0 Å². The van der Waals surface area contributed by atoms with Gasteiger partial charge in [-0.3, -0.25) is 9.88 Å². The Kier molecular flexibility index (Phi) is 3.83. The highest BCUT2D eigenvalue weighted by atomic mass is 15.2. The van der Waals surface area contributed by atoms with Crippen molar-refractivity contribution in [3.05, 3.63) is 60.3 Å². The quantitative estimate of drug-likeness (QED) is 0.743. The molecule has 23 heavy (non-hydrogen) atoms. The van der Waals surface area contributed by atoms with Gasteiger partial charge in [0.15, 0.2) is 0 Å². The third-order valence-electron chi connectivity index (χ3n) is 4.92. The molecular formula is C19H22N4. The molecule has 1 fully saturated rings. The summed E-state index contributed by atoms with van der Waals surface area (Å²) in [4.78, 5) is 11.2. The van der Waals surface area contributed by atoms with E-state index in [1.54, 1.807) is 0 Å². The molecule has 4 heteroatoms. The van der Waals surface area contributed by atoms with E-state index < -0.39 is 0 Å². The summed E-state index contributed by atoms with van der Waals surface area (Å²) in [6, 6.07) is 10.6. The van der Waals surface area contributed by atoms with Gasteiger partial charge < -0.3 is 4.57 Å². The Hall–Kier alpha value is -2.20. The number of fused-ring (bicyclic) bond motifs is 1. The minimum atomic E-state index is 0.731. The minimum absolute atomic E-state index is 0.731. The van der Waals surface area contributed by atoms with Crippen LogP contribution in [0, 0.1) is 5.92 Å². The average Bonchev–Trinajstić information content (AvgIpc) is 3.18. The first-order chi connectivity index (χ1) is 11.3. The van der Waals surface area contributed by atoms with E-state index in [1.807, 2.05) is 18.7 Å². The van der Waals surface area contributed by atoms with Crippen molar-refractivity contribution in [2.45, 2.75) is 19.4 Å². The van der Waals surface area contributed by atoms with Crippen molar-refractivity contribution in [2.75, 3.05) is 13.1 Å². The molecule has 1 aromatic carbocycles. The molecule has 0 radical (unpaired) electrons. The Morgan fingerprint density at radius 3 is 3.00 bits per heavy atom. The van der Waals surface area contributed by atoms with Crippen LogP contribution in [0.1, 0.15) is 17.7 Å². The fraction of sp³-hybridized carbons (Fsp3) is 0.368. The lowest BCUT2D eigenvalue weighted by molar-refractivity contribution is 0.309. The van der Waals surface area contributed by atoms with Gasteiger partial charge in [-0.15, -0.1) is 0 Å². The summed E-state index contributed by atoms with van der Waals surface area (Å²) in [5.41, 5.74) is 3.83. The molecule has 1 saturated heterocycles. The number of imidazole rings is 1. The second-order valence-corrected chi connectivity index (χ2v) is 6.58. The van der Waals surface area contributed by atoms with Crippen LogP contribution in [-0.4, -0.2) is 32.5 Å². The van der Waals surface area contributed by atoms with Gasteiger partial charge in [0.25, 0.3) is 0 Å². The van der Waals surface area contributed by atoms with Crippen LogP contribution in [0.15, 0.2) is 49.1 Å². The summed E-state index contributed by atoms with van der Waals surface area (Å²) >= 11 is 0. The number of pyridine rings is 1. The van der Waals surface area contributed by atoms with Gasteiger partial charge in [0.1, 0.15) is 0 Å². The third kappa shape index (κ3) is 2.99. The number of hydrogen-bond acceptors (Lipinski definition) is 3. The second kappa shape index (κ2) is 6.13. The standard InChI is InChI=1S/C19H22N4/c1-22-14-20-11-17(22)13-23-9-7-15(12-23)10-16-6-8-21-19-5-3-2-4-18(16)19/h2-6,8,11,14-15H,7,9-10,12-13H2,1H3/t15-/m0/s1. The Labute approximate surface area is 136 Å². The molecule has 0 amide bonds. The zero-order chi connectivity index (χ0) is 15.6. The Morgan fingerprint density at radius 1 is 1.22 bits per heavy atom. The maximum Gasteiger partial charge on any atom is 0.0945 e. The Bertz CT molecular complexity index is 802. The smallest absolute Gasteiger partial charge is 0.0945 e. The topological polar surface area (TPSA) is 34.0 Å². The molecule has 3 aromatic rings. The molecule has 0 bridgehead atoms. The number of para-hydroxylation sites is 1. The fourth-order valence-corrected chi connectivity index (χ4v) is 3.63. The highest BCUT2D eigenvalue weighted by molar-refractivity contribution is 5.81. The lowest BCUT2D eigenvalue weighted by Gasteiger charge is -2.16. The van der Waals surface area contributed by atoms with Gasteiger partial charge in [-0.2, -0.15) is 0 Å². The largest absolute Gasteiger partial charge is 0.337 e. The van der Waals surface area contributed by atoms with Crippen molar-refractivity contribution in [1.82, 2.24) is 19.4 Å². The SMILES string of the molecule is Cn1cncc1CN1CC[C@@H](Cc2ccnc3ccccc23)C1. The van der Waals surface area contributed by atoms with Crippen LogP contribution in [0.5, 0.6) is 0 Å². The molecule has 1 aliphatic rings. The van der Waals surface area contributed by atoms with E-state index in [4.69, 9.17) is 0 Å². The molecule has 4 nitrogen and oxygen atoms in total. The van der Waals surface area contributed by atoms with E-state index in [1.165, 1.54) is 36.2 Å². The summed E-state index contributed by atoms with van der Waals surface area (Å²) in [6.07, 6.45) is 8.22. The van der Waals surface area contributed by atoms with E-state index in [2.05, 4.69) is 56.8 Å². The number of rotatable bonds is 4. The monoisotopic (exact) mass is 306 g/mol. The normalized spacial score (nSPS) is 18.7. The second-order valence-electron chi connectivity index (χ2n) is 6.58. The van der Waals surface area contributed by atoms with Crippen LogP contribution in [0.4, 0.5) is 0 Å². The van der Waals surface area contributed by atoms with Crippen LogP contribution in [0.2, 0.25) is 0 Å². The first-order valence-electron chi connectivity index (χ1n) is 8.30. The van der Waals surface area contributed by atoms with Crippen LogP contribution >= 0.6 is 0 Å². The Balaban J connectivity index is 1.45. The molecule has 1 atom stereocenters. The van der Waals surface area contributed by atoms with Crippen LogP contribution in [-0.2, 0) is 20.0 Å². The molecule has 2 aromatic heterocycles. The molecule has 3 heterocycles. The maximum absolute atomic E-state index is 4.47. The molecule has 4 rings (SSSR count). The van der Waals surface area contributed by atoms with Gasteiger partial charge in [0.2, 0.25) is 0 Å². The van der Waals surface area contributed by atoms with Crippen molar-refractivity contribution >= 4 is 10.9 Å². The summed E-state index contributed by atoms with van der Waals surface area (Å²) in [5.74, 6) is 0.731. The highest BCUT2D eigenvalue weighted by Crippen LogP contribution is 2.25. The van der Waals surface area contributed by atoms with E-state index in [9.17, 15) is 0 Å². The summed E-state index contributed by atoms with van der Waals surface area (Å²) in [6.45, 7) is 3.35. The van der Waals surface area contributed by atoms with Crippen molar-refractivity contribution < 1.29 is 0 Å². The van der Waals surface area contributed by atoms with E-state index in [0.717, 1.165) is 24.4 Å². The van der Waals surface area contributed by atoms with E-state index >= 15 is 0 Å². The van der Waals surface area contributed by atoms with Gasteiger partial charge >= 0.3 is 0 Å². The van der Waals surface area contributed by atoms with Crippen molar-refractivity contribution in [3.8, 4) is 0 Å². The molecule has 1 aliphatic heterocycles. The predicted molar refractivity (Wildman–Crippen MR) is 92.0 cm³/mol. The van der Waals surface area contributed by atoms with E-state index in [-0.39, 0.29) is 0 Å². The molecule has 0 spiro atoms. The number of hydrogen-bond donors (Lipinski definition) is 0. The lowest BCUT2D eigenvalue weighted by atomic mass is 9.96. The van der Waals surface area contributed by atoms with Gasteiger partial charge in [0, 0.05) is 37.9 Å². The number of benzene rings is 1. The molecular weight excluding hydrogens is 284 g/mol. The fourth-order valence-electron chi connectivity index (χ4n) is 3.63. The number of likely N-dealkylation sites (tertiary alicyclic amines) is 1. The number of nitrogens with zero attached hydrogens (tertiary/aromatic N) is 4.